The van der Waals surface area contributed by atoms with Gasteiger partial charge in [0.2, 0.25) is 0 Å². The Labute approximate surface area is 141 Å². The molecule has 3 rings (SSSR count). The van der Waals surface area contributed by atoms with Gasteiger partial charge in [0.1, 0.15) is 0 Å². The molecule has 23 heavy (non-hydrogen) atoms. The van der Waals surface area contributed by atoms with E-state index in [0.717, 1.165) is 48.6 Å². The summed E-state index contributed by atoms with van der Waals surface area (Å²) in [6, 6.07) is 11.4. The average Bonchev–Trinajstić information content (AvgIpc) is 2.59. The van der Waals surface area contributed by atoms with Crippen LogP contribution >= 0.6 is 11.6 Å². The Morgan fingerprint density at radius 2 is 1.96 bits per heavy atom. The van der Waals surface area contributed by atoms with E-state index in [1.807, 2.05) is 42.6 Å². The molecular weight excluding hydrogens is 310 g/mol. The van der Waals surface area contributed by atoms with Crippen molar-refractivity contribution in [2.75, 3.05) is 13.1 Å². The van der Waals surface area contributed by atoms with Crippen molar-refractivity contribution >= 4 is 17.5 Å². The number of likely N-dealkylation sites (tertiary alicyclic amines) is 1. The minimum Gasteiger partial charge on any atom is -0.349 e. The maximum atomic E-state index is 12.2. The van der Waals surface area contributed by atoms with Crippen LogP contribution in [0.1, 0.15) is 28.8 Å². The zero-order valence-electron chi connectivity index (χ0n) is 12.9. The van der Waals surface area contributed by atoms with Gasteiger partial charge in [-0.05, 0) is 31.0 Å². The van der Waals surface area contributed by atoms with Crippen LogP contribution in [0.25, 0.3) is 0 Å². The number of carbonyl (C=O) groups is 1. The first kappa shape index (κ1) is 16.0. The molecule has 120 valence electrons. The Morgan fingerprint density at radius 3 is 2.65 bits per heavy atom. The number of aromatic nitrogens is 1. The molecule has 2 aromatic rings. The molecule has 0 aliphatic carbocycles. The molecule has 4 nitrogen and oxygen atoms in total. The molecule has 0 unspecified atom stereocenters. The third kappa shape index (κ3) is 4.30. The van der Waals surface area contributed by atoms with Gasteiger partial charge in [0, 0.05) is 54.2 Å². The monoisotopic (exact) mass is 329 g/mol. The van der Waals surface area contributed by atoms with E-state index in [9.17, 15) is 4.79 Å². The summed E-state index contributed by atoms with van der Waals surface area (Å²) in [7, 11) is 0. The normalized spacial score (nSPS) is 16.2. The predicted molar refractivity (Wildman–Crippen MR) is 91.5 cm³/mol. The van der Waals surface area contributed by atoms with Gasteiger partial charge in [-0.3, -0.25) is 14.7 Å². The van der Waals surface area contributed by atoms with Crippen LogP contribution < -0.4 is 5.32 Å². The zero-order chi connectivity index (χ0) is 16.1. The molecule has 5 heteroatoms. The number of hydrogen-bond acceptors (Lipinski definition) is 3. The fraction of sp³-hybridized carbons (Fsp3) is 0.333. The molecule has 0 spiro atoms. The summed E-state index contributed by atoms with van der Waals surface area (Å²) >= 11 is 6.19. The smallest absolute Gasteiger partial charge is 0.251 e. The molecule has 0 saturated carbocycles. The topological polar surface area (TPSA) is 45.2 Å². The van der Waals surface area contributed by atoms with Crippen LogP contribution in [0.4, 0.5) is 0 Å². The second kappa shape index (κ2) is 7.57. The predicted octanol–water partition coefficient (Wildman–Crippen LogP) is 3.13. The van der Waals surface area contributed by atoms with Crippen molar-refractivity contribution < 1.29 is 4.79 Å². The quantitative estimate of drug-likeness (QED) is 0.937. The molecule has 1 fully saturated rings. The number of nitrogens with one attached hydrogen (secondary N) is 1. The fourth-order valence-corrected chi connectivity index (χ4v) is 3.03. The lowest BCUT2D eigenvalue weighted by Gasteiger charge is -2.32. The molecule has 1 saturated heterocycles. The first-order valence-electron chi connectivity index (χ1n) is 7.89. The van der Waals surface area contributed by atoms with Crippen molar-refractivity contribution in [2.45, 2.75) is 25.4 Å². The summed E-state index contributed by atoms with van der Waals surface area (Å²) in [5.41, 5.74) is 1.78. The average molecular weight is 330 g/mol. The van der Waals surface area contributed by atoms with E-state index in [-0.39, 0.29) is 11.9 Å². The van der Waals surface area contributed by atoms with Gasteiger partial charge in [0.05, 0.1) is 0 Å². The van der Waals surface area contributed by atoms with Crippen molar-refractivity contribution in [1.82, 2.24) is 15.2 Å². The number of rotatable bonds is 4. The van der Waals surface area contributed by atoms with Crippen LogP contribution in [0.15, 0.2) is 48.8 Å². The van der Waals surface area contributed by atoms with Gasteiger partial charge >= 0.3 is 0 Å². The van der Waals surface area contributed by atoms with E-state index in [2.05, 4.69) is 15.2 Å². The van der Waals surface area contributed by atoms with Gasteiger partial charge in [-0.15, -0.1) is 0 Å². The molecule has 0 radical (unpaired) electrons. The summed E-state index contributed by atoms with van der Waals surface area (Å²) < 4.78 is 0. The molecular formula is C18H20ClN3O. The Hall–Kier alpha value is -1.91. The molecule has 1 aromatic heterocycles. The van der Waals surface area contributed by atoms with Crippen molar-refractivity contribution in [3.63, 3.8) is 0 Å². The number of benzene rings is 1. The summed E-state index contributed by atoms with van der Waals surface area (Å²) in [6.07, 6.45) is 5.44. The Bertz CT molecular complexity index is 654. The lowest BCUT2D eigenvalue weighted by Crippen LogP contribution is -2.44. The molecule has 0 bridgehead atoms. The summed E-state index contributed by atoms with van der Waals surface area (Å²) in [5.74, 6) is 0.0133. The van der Waals surface area contributed by atoms with Crippen LogP contribution in [0.5, 0.6) is 0 Å². The third-order valence-electron chi connectivity index (χ3n) is 4.20. The number of nitrogens with zero attached hydrogens (tertiary/aromatic N) is 2. The third-order valence-corrected chi connectivity index (χ3v) is 4.57. The van der Waals surface area contributed by atoms with Gasteiger partial charge < -0.3 is 5.32 Å². The SMILES string of the molecule is O=C(NC1CCN(Cc2cnccc2Cl)CC1)c1ccccc1. The van der Waals surface area contributed by atoms with Crippen molar-refractivity contribution in [2.24, 2.45) is 0 Å². The van der Waals surface area contributed by atoms with E-state index in [4.69, 9.17) is 11.6 Å². The molecule has 1 N–H and O–H groups in total. The van der Waals surface area contributed by atoms with Crippen molar-refractivity contribution in [3.8, 4) is 0 Å². The zero-order valence-corrected chi connectivity index (χ0v) is 13.7. The number of pyridine rings is 1. The van der Waals surface area contributed by atoms with Crippen molar-refractivity contribution in [1.29, 1.82) is 0 Å². The second-order valence-corrected chi connectivity index (χ2v) is 6.26. The Morgan fingerprint density at radius 1 is 1.22 bits per heavy atom. The van der Waals surface area contributed by atoms with Crippen LogP contribution in [-0.2, 0) is 6.54 Å². The fourth-order valence-electron chi connectivity index (χ4n) is 2.86. The van der Waals surface area contributed by atoms with E-state index >= 15 is 0 Å². The highest BCUT2D eigenvalue weighted by atomic mass is 35.5. The number of hydrogen-bond donors (Lipinski definition) is 1. The van der Waals surface area contributed by atoms with Gasteiger partial charge in [-0.1, -0.05) is 29.8 Å². The standard InChI is InChI=1S/C18H20ClN3O/c19-17-6-9-20-12-15(17)13-22-10-7-16(8-11-22)21-18(23)14-4-2-1-3-5-14/h1-6,9,12,16H,7-8,10-11,13H2,(H,21,23). The first-order chi connectivity index (χ1) is 11.2. The van der Waals surface area contributed by atoms with E-state index in [0.29, 0.717) is 0 Å². The number of amides is 1. The lowest BCUT2D eigenvalue weighted by atomic mass is 10.0. The molecule has 2 heterocycles. The molecule has 1 amide bonds. The summed E-state index contributed by atoms with van der Waals surface area (Å²) in [4.78, 5) is 18.7. The van der Waals surface area contributed by atoms with Crippen LogP contribution in [0.3, 0.4) is 0 Å². The number of carbonyl (C=O) groups excluding carboxylic acids is 1. The Balaban J connectivity index is 1.49. The van der Waals surface area contributed by atoms with Crippen molar-refractivity contribution in [3.05, 3.63) is 64.9 Å². The minimum atomic E-state index is 0.0133. The summed E-state index contributed by atoms with van der Waals surface area (Å²) in [5, 5.41) is 3.89. The molecule has 1 aromatic carbocycles. The maximum absolute atomic E-state index is 12.2. The number of piperidine rings is 1. The highest BCUT2D eigenvalue weighted by molar-refractivity contribution is 6.31. The van der Waals surface area contributed by atoms with Gasteiger partial charge in [-0.2, -0.15) is 0 Å². The Kier molecular flexibility index (Phi) is 5.26. The van der Waals surface area contributed by atoms with E-state index in [1.165, 1.54) is 0 Å². The molecule has 1 aliphatic rings. The van der Waals surface area contributed by atoms with Gasteiger partial charge in [0.25, 0.3) is 5.91 Å². The van der Waals surface area contributed by atoms with Crippen LogP contribution in [0.2, 0.25) is 5.02 Å². The summed E-state index contributed by atoms with van der Waals surface area (Å²) in [6.45, 7) is 2.71. The van der Waals surface area contributed by atoms with E-state index < -0.39 is 0 Å². The molecule has 0 atom stereocenters. The van der Waals surface area contributed by atoms with Gasteiger partial charge in [0.15, 0.2) is 0 Å². The maximum Gasteiger partial charge on any atom is 0.251 e. The largest absolute Gasteiger partial charge is 0.349 e. The highest BCUT2D eigenvalue weighted by Gasteiger charge is 2.21. The molecule has 1 aliphatic heterocycles. The minimum absolute atomic E-state index is 0.0133. The highest BCUT2D eigenvalue weighted by Crippen LogP contribution is 2.19. The van der Waals surface area contributed by atoms with E-state index in [1.54, 1.807) is 6.20 Å². The van der Waals surface area contributed by atoms with Gasteiger partial charge in [-0.25, -0.2) is 0 Å². The lowest BCUT2D eigenvalue weighted by molar-refractivity contribution is 0.0909. The number of halogens is 1. The first-order valence-corrected chi connectivity index (χ1v) is 8.27. The van der Waals surface area contributed by atoms with Crippen LogP contribution in [0, 0.1) is 0 Å². The van der Waals surface area contributed by atoms with Crippen LogP contribution in [-0.4, -0.2) is 34.9 Å². The second-order valence-electron chi connectivity index (χ2n) is 5.86.